The second-order valence-corrected chi connectivity index (χ2v) is 5.63. The molecule has 1 atom stereocenters. The van der Waals surface area contributed by atoms with Crippen LogP contribution in [0.5, 0.6) is 0 Å². The topological polar surface area (TPSA) is 68.8 Å². The average molecular weight is 283 g/mol. The fraction of sp³-hybridized carbons (Fsp3) is 0.400. The van der Waals surface area contributed by atoms with Gasteiger partial charge in [0.15, 0.2) is 5.82 Å². The van der Waals surface area contributed by atoms with Gasteiger partial charge in [-0.05, 0) is 12.5 Å². The molecule has 0 saturated heterocycles. The van der Waals surface area contributed by atoms with Gasteiger partial charge >= 0.3 is 0 Å². The minimum Gasteiger partial charge on any atom is -0.396 e. The second kappa shape index (κ2) is 4.66. The standard InChI is InChI=1S/C15H17N5O/c1-19-12-5-3-2-4-11(12)14(18-19)15-17-16-13-7-6-10(9-21)8-20(13)15/h2-5,10,21H,6-9H2,1H3. The molecular weight excluding hydrogens is 266 g/mol. The van der Waals surface area contributed by atoms with Crippen LogP contribution in [-0.2, 0) is 20.0 Å². The summed E-state index contributed by atoms with van der Waals surface area (Å²) in [6.07, 6.45) is 1.83. The highest BCUT2D eigenvalue weighted by Crippen LogP contribution is 2.29. The molecule has 0 saturated carbocycles. The van der Waals surface area contributed by atoms with Gasteiger partial charge in [0.05, 0.1) is 5.52 Å². The number of rotatable bonds is 2. The van der Waals surface area contributed by atoms with E-state index in [1.807, 2.05) is 23.9 Å². The number of aliphatic hydroxyl groups is 1. The van der Waals surface area contributed by atoms with Crippen molar-refractivity contribution < 1.29 is 5.11 Å². The van der Waals surface area contributed by atoms with Crippen molar-refractivity contribution in [2.75, 3.05) is 6.61 Å². The van der Waals surface area contributed by atoms with Crippen molar-refractivity contribution in [2.45, 2.75) is 19.4 Å². The van der Waals surface area contributed by atoms with Gasteiger partial charge in [-0.15, -0.1) is 10.2 Å². The number of fused-ring (bicyclic) bond motifs is 2. The molecule has 0 bridgehead atoms. The van der Waals surface area contributed by atoms with E-state index in [4.69, 9.17) is 0 Å². The van der Waals surface area contributed by atoms with Crippen LogP contribution in [0.25, 0.3) is 22.4 Å². The van der Waals surface area contributed by atoms with Crippen LogP contribution in [-0.4, -0.2) is 36.3 Å². The van der Waals surface area contributed by atoms with Crippen molar-refractivity contribution in [1.29, 1.82) is 0 Å². The first kappa shape index (κ1) is 12.5. The van der Waals surface area contributed by atoms with E-state index in [0.717, 1.165) is 47.6 Å². The number of aliphatic hydroxyl groups excluding tert-OH is 1. The maximum Gasteiger partial charge on any atom is 0.185 e. The van der Waals surface area contributed by atoms with Crippen LogP contribution in [0, 0.1) is 5.92 Å². The molecule has 0 spiro atoms. The third kappa shape index (κ3) is 1.86. The monoisotopic (exact) mass is 283 g/mol. The molecule has 21 heavy (non-hydrogen) atoms. The van der Waals surface area contributed by atoms with Crippen molar-refractivity contribution in [3.63, 3.8) is 0 Å². The van der Waals surface area contributed by atoms with Crippen LogP contribution in [0.15, 0.2) is 24.3 Å². The summed E-state index contributed by atoms with van der Waals surface area (Å²) in [5.74, 6) is 2.08. The van der Waals surface area contributed by atoms with Crippen LogP contribution in [0.1, 0.15) is 12.2 Å². The number of para-hydroxylation sites is 1. The van der Waals surface area contributed by atoms with Crippen molar-refractivity contribution in [2.24, 2.45) is 13.0 Å². The highest BCUT2D eigenvalue weighted by molar-refractivity contribution is 5.91. The molecule has 0 radical (unpaired) electrons. The lowest BCUT2D eigenvalue weighted by atomic mass is 10.0. The molecule has 0 aliphatic carbocycles. The highest BCUT2D eigenvalue weighted by atomic mass is 16.3. The van der Waals surface area contributed by atoms with Gasteiger partial charge in [0, 0.05) is 37.9 Å². The average Bonchev–Trinajstić information content (AvgIpc) is 3.08. The molecule has 1 aliphatic rings. The molecule has 3 heterocycles. The van der Waals surface area contributed by atoms with E-state index >= 15 is 0 Å². The predicted octanol–water partition coefficient (Wildman–Crippen LogP) is 1.39. The molecule has 6 heteroatoms. The van der Waals surface area contributed by atoms with Crippen molar-refractivity contribution >= 4 is 10.9 Å². The molecule has 0 fully saturated rings. The first-order valence-corrected chi connectivity index (χ1v) is 7.23. The summed E-state index contributed by atoms with van der Waals surface area (Å²) in [4.78, 5) is 0. The number of nitrogens with zero attached hydrogens (tertiary/aromatic N) is 5. The Morgan fingerprint density at radius 2 is 2.14 bits per heavy atom. The van der Waals surface area contributed by atoms with E-state index in [1.54, 1.807) is 0 Å². The first-order valence-electron chi connectivity index (χ1n) is 7.23. The molecule has 4 rings (SSSR count). The lowest BCUT2D eigenvalue weighted by molar-refractivity contribution is 0.191. The van der Waals surface area contributed by atoms with E-state index < -0.39 is 0 Å². The third-order valence-electron chi connectivity index (χ3n) is 4.27. The summed E-state index contributed by atoms with van der Waals surface area (Å²) in [5.41, 5.74) is 1.95. The Kier molecular flexibility index (Phi) is 2.78. The molecule has 108 valence electrons. The van der Waals surface area contributed by atoms with Gasteiger partial charge in [0.2, 0.25) is 0 Å². The predicted molar refractivity (Wildman–Crippen MR) is 78.6 cm³/mol. The van der Waals surface area contributed by atoms with E-state index in [0.29, 0.717) is 0 Å². The molecule has 3 aromatic rings. The third-order valence-corrected chi connectivity index (χ3v) is 4.27. The van der Waals surface area contributed by atoms with Gasteiger partial charge in [0.25, 0.3) is 0 Å². The van der Waals surface area contributed by atoms with Gasteiger partial charge in [-0.3, -0.25) is 4.68 Å². The van der Waals surface area contributed by atoms with Crippen LogP contribution in [0.2, 0.25) is 0 Å². The summed E-state index contributed by atoms with van der Waals surface area (Å²) in [5, 5.41) is 23.8. The number of benzene rings is 1. The summed E-state index contributed by atoms with van der Waals surface area (Å²) in [7, 11) is 1.94. The molecule has 1 N–H and O–H groups in total. The molecule has 6 nitrogen and oxygen atoms in total. The fourth-order valence-corrected chi connectivity index (χ4v) is 3.10. The molecule has 2 aromatic heterocycles. The SMILES string of the molecule is Cn1nc(-c2nnc3n2CC(CO)CC3)c2ccccc21. The Balaban J connectivity index is 1.89. The highest BCUT2D eigenvalue weighted by Gasteiger charge is 2.25. The van der Waals surface area contributed by atoms with Gasteiger partial charge in [-0.1, -0.05) is 18.2 Å². The lowest BCUT2D eigenvalue weighted by Crippen LogP contribution is -2.23. The van der Waals surface area contributed by atoms with Crippen LogP contribution < -0.4 is 0 Å². The van der Waals surface area contributed by atoms with Crippen molar-refractivity contribution in [3.8, 4) is 11.5 Å². The van der Waals surface area contributed by atoms with Gasteiger partial charge in [-0.2, -0.15) is 5.10 Å². The van der Waals surface area contributed by atoms with E-state index in [9.17, 15) is 5.11 Å². The molecular formula is C15H17N5O. The zero-order valence-corrected chi connectivity index (χ0v) is 11.9. The van der Waals surface area contributed by atoms with Gasteiger partial charge < -0.3 is 9.67 Å². The second-order valence-electron chi connectivity index (χ2n) is 5.63. The van der Waals surface area contributed by atoms with Crippen molar-refractivity contribution in [3.05, 3.63) is 30.1 Å². The summed E-state index contributed by atoms with van der Waals surface area (Å²) in [6, 6.07) is 8.13. The number of hydrogen-bond acceptors (Lipinski definition) is 4. The minimum absolute atomic E-state index is 0.208. The van der Waals surface area contributed by atoms with Gasteiger partial charge in [-0.25, -0.2) is 0 Å². The number of aromatic nitrogens is 5. The van der Waals surface area contributed by atoms with Gasteiger partial charge in [0.1, 0.15) is 11.5 Å². The van der Waals surface area contributed by atoms with Crippen molar-refractivity contribution in [1.82, 2.24) is 24.5 Å². The van der Waals surface area contributed by atoms with E-state index in [-0.39, 0.29) is 12.5 Å². The normalized spacial score (nSPS) is 18.1. The Morgan fingerprint density at radius 1 is 1.29 bits per heavy atom. The minimum atomic E-state index is 0.208. The summed E-state index contributed by atoms with van der Waals surface area (Å²) < 4.78 is 3.98. The zero-order chi connectivity index (χ0) is 14.4. The Bertz CT molecular complexity index is 804. The lowest BCUT2D eigenvalue weighted by Gasteiger charge is -2.22. The first-order chi connectivity index (χ1) is 10.3. The van der Waals surface area contributed by atoms with Crippen LogP contribution >= 0.6 is 0 Å². The van der Waals surface area contributed by atoms with Crippen LogP contribution in [0.4, 0.5) is 0 Å². The maximum atomic E-state index is 9.42. The molecule has 1 aliphatic heterocycles. The molecule has 0 amide bonds. The maximum absolute atomic E-state index is 9.42. The van der Waals surface area contributed by atoms with Crippen LogP contribution in [0.3, 0.4) is 0 Å². The Morgan fingerprint density at radius 3 is 3.00 bits per heavy atom. The Hall–Kier alpha value is -2.21. The number of aryl methyl sites for hydroxylation is 2. The number of hydrogen-bond donors (Lipinski definition) is 1. The summed E-state index contributed by atoms with van der Waals surface area (Å²) in [6.45, 7) is 0.971. The fourth-order valence-electron chi connectivity index (χ4n) is 3.10. The quantitative estimate of drug-likeness (QED) is 0.771. The zero-order valence-electron chi connectivity index (χ0n) is 11.9. The molecule has 1 unspecified atom stereocenters. The Labute approximate surface area is 122 Å². The largest absolute Gasteiger partial charge is 0.396 e. The summed E-state index contributed by atoms with van der Waals surface area (Å²) >= 11 is 0. The van der Waals surface area contributed by atoms with E-state index in [1.165, 1.54) is 0 Å². The molecule has 1 aromatic carbocycles. The smallest absolute Gasteiger partial charge is 0.185 e. The van der Waals surface area contributed by atoms with E-state index in [2.05, 4.69) is 32.0 Å².